The summed E-state index contributed by atoms with van der Waals surface area (Å²) in [5.41, 5.74) is 9.52. The maximum Gasteiger partial charge on any atom is 0.245 e. The fourth-order valence-electron chi connectivity index (χ4n) is 3.61. The van der Waals surface area contributed by atoms with Crippen molar-refractivity contribution in [2.24, 2.45) is 10.9 Å². The lowest BCUT2D eigenvalue weighted by molar-refractivity contribution is -0.119. The number of amides is 1. The summed E-state index contributed by atoms with van der Waals surface area (Å²) in [6.45, 7) is 4.01. The van der Waals surface area contributed by atoms with E-state index in [1.807, 2.05) is 19.1 Å². The minimum Gasteiger partial charge on any atom is -0.476 e. The number of nitrogens with one attached hydrogen (secondary N) is 2. The number of fused-ring (bicyclic) bond motifs is 1. The van der Waals surface area contributed by atoms with Gasteiger partial charge in [-0.05, 0) is 55.8 Å². The lowest BCUT2D eigenvalue weighted by atomic mass is 10.1. The van der Waals surface area contributed by atoms with E-state index in [9.17, 15) is 18.3 Å². The summed E-state index contributed by atoms with van der Waals surface area (Å²) < 4.78 is 28.7. The first-order valence-corrected chi connectivity index (χ1v) is 13.6. The predicted octanol–water partition coefficient (Wildman–Crippen LogP) is 2.00. The van der Waals surface area contributed by atoms with E-state index in [4.69, 9.17) is 20.6 Å². The van der Waals surface area contributed by atoms with Gasteiger partial charge in [0.05, 0.1) is 28.8 Å². The zero-order valence-corrected chi connectivity index (χ0v) is 22.1. The number of benzene rings is 2. The normalized spacial score (nSPS) is 13.1. The summed E-state index contributed by atoms with van der Waals surface area (Å²) in [7, 11) is -3.76. The topological polar surface area (TPSA) is 195 Å². The van der Waals surface area contributed by atoms with Crippen LogP contribution in [0.2, 0.25) is 0 Å². The van der Waals surface area contributed by atoms with Gasteiger partial charge in [0, 0.05) is 17.8 Å². The number of sulfonamides is 1. The minimum absolute atomic E-state index is 0.0358. The Morgan fingerprint density at radius 2 is 1.72 bits per heavy atom. The van der Waals surface area contributed by atoms with Gasteiger partial charge in [-0.3, -0.25) is 4.79 Å². The van der Waals surface area contributed by atoms with E-state index < -0.39 is 28.1 Å². The van der Waals surface area contributed by atoms with E-state index in [-0.39, 0.29) is 4.90 Å². The summed E-state index contributed by atoms with van der Waals surface area (Å²) in [6.07, 6.45) is -0.965. The highest BCUT2D eigenvalue weighted by Crippen LogP contribution is 2.27. The Hall–Kier alpha value is -4.17. The third-order valence-electron chi connectivity index (χ3n) is 5.76. The average Bonchev–Trinajstić information content (AvgIpc) is 2.91. The van der Waals surface area contributed by atoms with E-state index in [0.717, 1.165) is 11.1 Å². The summed E-state index contributed by atoms with van der Waals surface area (Å²) in [5, 5.41) is 20.4. The van der Waals surface area contributed by atoms with Gasteiger partial charge in [0.15, 0.2) is 5.52 Å². The molecule has 2 heterocycles. The summed E-state index contributed by atoms with van der Waals surface area (Å²) in [5.74, 6) is 0.156. The average molecular weight is 552 g/mol. The molecule has 39 heavy (non-hydrogen) atoms. The van der Waals surface area contributed by atoms with Gasteiger partial charge in [-0.15, -0.1) is 0 Å². The van der Waals surface area contributed by atoms with Gasteiger partial charge in [-0.25, -0.2) is 23.5 Å². The number of pyridine rings is 1. The van der Waals surface area contributed by atoms with Gasteiger partial charge in [0.1, 0.15) is 6.04 Å². The third-order valence-corrected chi connectivity index (χ3v) is 6.69. The number of aromatic nitrogens is 3. The first-order valence-electron chi connectivity index (χ1n) is 12.1. The molecule has 12 nitrogen and oxygen atoms in total. The molecule has 0 spiro atoms. The van der Waals surface area contributed by atoms with Crippen molar-refractivity contribution < 1.29 is 23.1 Å². The summed E-state index contributed by atoms with van der Waals surface area (Å²) >= 11 is 0. The number of hydrogen-bond donors (Lipinski definition) is 5. The molecule has 0 saturated heterocycles. The molecule has 204 valence electrons. The Bertz CT molecular complexity index is 1580. The molecule has 0 unspecified atom stereocenters. The lowest BCUT2D eigenvalue weighted by Gasteiger charge is -2.14. The smallest absolute Gasteiger partial charge is 0.245 e. The van der Waals surface area contributed by atoms with Crippen LogP contribution in [0.25, 0.3) is 22.3 Å². The van der Waals surface area contributed by atoms with Gasteiger partial charge in [0.25, 0.3) is 0 Å². The highest BCUT2D eigenvalue weighted by Gasteiger charge is 2.19. The Labute approximate surface area is 225 Å². The molecule has 4 aromatic rings. The maximum absolute atomic E-state index is 12.1. The van der Waals surface area contributed by atoms with Crippen LogP contribution in [0.15, 0.2) is 65.6 Å². The summed E-state index contributed by atoms with van der Waals surface area (Å²) in [4.78, 5) is 25.9. The van der Waals surface area contributed by atoms with Crippen LogP contribution in [0.1, 0.15) is 19.4 Å². The number of primary sulfonamides is 1. The van der Waals surface area contributed by atoms with Crippen molar-refractivity contribution in [1.82, 2.24) is 15.0 Å². The van der Waals surface area contributed by atoms with Gasteiger partial charge in [-0.2, -0.15) is 4.98 Å². The molecule has 0 aliphatic heterocycles. The molecular formula is C26H29N7O5S. The van der Waals surface area contributed by atoms with Crippen molar-refractivity contribution in [2.45, 2.75) is 37.4 Å². The van der Waals surface area contributed by atoms with Crippen LogP contribution in [0.3, 0.4) is 0 Å². The molecule has 0 fully saturated rings. The molecule has 7 N–H and O–H groups in total. The van der Waals surface area contributed by atoms with Crippen molar-refractivity contribution in [3.63, 3.8) is 0 Å². The Kier molecular flexibility index (Phi) is 8.35. The molecular weight excluding hydrogens is 522 g/mol. The molecule has 13 heteroatoms. The van der Waals surface area contributed by atoms with Gasteiger partial charge < -0.3 is 26.2 Å². The Morgan fingerprint density at radius 1 is 1.03 bits per heavy atom. The maximum atomic E-state index is 12.1. The van der Waals surface area contributed by atoms with Gasteiger partial charge >= 0.3 is 0 Å². The highest BCUT2D eigenvalue weighted by molar-refractivity contribution is 7.89. The van der Waals surface area contributed by atoms with E-state index in [0.29, 0.717) is 47.4 Å². The van der Waals surface area contributed by atoms with Crippen molar-refractivity contribution in [3.05, 3.63) is 66.2 Å². The van der Waals surface area contributed by atoms with Crippen molar-refractivity contribution in [2.75, 3.05) is 17.2 Å². The second-order valence-corrected chi connectivity index (χ2v) is 10.3. The Morgan fingerprint density at radius 3 is 2.33 bits per heavy atom. The molecule has 2 aromatic carbocycles. The van der Waals surface area contributed by atoms with Crippen LogP contribution >= 0.6 is 0 Å². The number of hydrogen-bond acceptors (Lipinski definition) is 10. The second kappa shape index (κ2) is 11.7. The van der Waals surface area contributed by atoms with Crippen LogP contribution in [-0.2, 0) is 21.4 Å². The molecule has 0 bridgehead atoms. The molecule has 0 saturated carbocycles. The third kappa shape index (κ3) is 6.83. The number of nitrogens with two attached hydrogens (primary N) is 2. The highest BCUT2D eigenvalue weighted by atomic mass is 32.2. The van der Waals surface area contributed by atoms with Crippen molar-refractivity contribution in [1.29, 1.82) is 0 Å². The SMILES string of the molecule is CCOc1nc(NCc2ccc(S(N)(=O)=O)cc2)nc2ccc(-c3ccc(NC(=O)[C@@H](N)[C@@H](C)O)cc3)nc12. The van der Waals surface area contributed by atoms with Gasteiger partial charge in [-0.1, -0.05) is 24.3 Å². The first-order chi connectivity index (χ1) is 18.5. The number of aliphatic hydroxyl groups is 1. The molecule has 4 rings (SSSR count). The summed E-state index contributed by atoms with van der Waals surface area (Å²) in [6, 6.07) is 15.8. The number of nitrogens with zero attached hydrogens (tertiary/aromatic N) is 3. The Balaban J connectivity index is 1.54. The minimum atomic E-state index is -3.76. The standard InChI is InChI=1S/C26H29N7O5S/c1-3-38-25-23-21(32-26(33-25)29-14-16-4-10-19(11-5-16)39(28,36)37)13-12-20(31-23)17-6-8-18(9-7-17)30-24(35)22(27)15(2)34/h4-13,15,22,34H,3,14,27H2,1-2H3,(H,30,35)(H2,28,36,37)(H,29,32,33)/t15-,22+/m1/s1. The number of aliphatic hydroxyl groups excluding tert-OH is 1. The van der Waals surface area contributed by atoms with Crippen LogP contribution in [0.4, 0.5) is 11.6 Å². The van der Waals surface area contributed by atoms with Crippen molar-refractivity contribution in [3.8, 4) is 17.1 Å². The van der Waals surface area contributed by atoms with Crippen LogP contribution in [-0.4, -0.2) is 53.1 Å². The van der Waals surface area contributed by atoms with Crippen LogP contribution in [0, 0.1) is 0 Å². The van der Waals surface area contributed by atoms with Crippen LogP contribution < -0.4 is 26.2 Å². The molecule has 1 amide bonds. The molecule has 2 aromatic heterocycles. The predicted molar refractivity (Wildman–Crippen MR) is 147 cm³/mol. The molecule has 0 radical (unpaired) electrons. The van der Waals surface area contributed by atoms with Crippen LogP contribution in [0.5, 0.6) is 5.88 Å². The largest absolute Gasteiger partial charge is 0.476 e. The molecule has 2 atom stereocenters. The van der Waals surface area contributed by atoms with Gasteiger partial charge in [0.2, 0.25) is 27.8 Å². The van der Waals surface area contributed by atoms with E-state index in [1.54, 1.807) is 36.4 Å². The van der Waals surface area contributed by atoms with E-state index >= 15 is 0 Å². The second-order valence-electron chi connectivity index (χ2n) is 8.73. The van der Waals surface area contributed by atoms with E-state index in [2.05, 4.69) is 20.6 Å². The molecule has 0 aliphatic rings. The fraction of sp³-hybridized carbons (Fsp3) is 0.231. The van der Waals surface area contributed by atoms with Crippen molar-refractivity contribution >= 4 is 38.6 Å². The first kappa shape index (κ1) is 27.9. The fourth-order valence-corrected chi connectivity index (χ4v) is 4.13. The number of rotatable bonds is 10. The number of ether oxygens (including phenoxy) is 1. The zero-order valence-electron chi connectivity index (χ0n) is 21.3. The number of carbonyl (C=O) groups excluding carboxylic acids is 1. The lowest BCUT2D eigenvalue weighted by Crippen LogP contribution is -2.43. The number of anilines is 2. The number of carbonyl (C=O) groups is 1. The molecule has 0 aliphatic carbocycles. The monoisotopic (exact) mass is 551 g/mol. The zero-order chi connectivity index (χ0) is 28.2. The quantitative estimate of drug-likeness (QED) is 0.194. The van der Waals surface area contributed by atoms with E-state index in [1.165, 1.54) is 19.1 Å².